The molecular formula is C41H45N5O7S. The molecule has 13 heteroatoms. The van der Waals surface area contributed by atoms with Crippen molar-refractivity contribution in [2.75, 3.05) is 13.7 Å². The second-order valence-electron chi connectivity index (χ2n) is 15.3. The molecule has 3 heterocycles. The predicted octanol–water partition coefficient (Wildman–Crippen LogP) is 5.68. The molecule has 3 fully saturated rings. The van der Waals surface area contributed by atoms with Gasteiger partial charge in [-0.05, 0) is 57.0 Å². The molecule has 1 unspecified atom stereocenters. The Hall–Kier alpha value is -5.14. The summed E-state index contributed by atoms with van der Waals surface area (Å²) in [6, 6.07) is 21.6. The molecule has 2 N–H and O–H groups in total. The highest BCUT2D eigenvalue weighted by atomic mass is 32.2. The van der Waals surface area contributed by atoms with Gasteiger partial charge in [-0.3, -0.25) is 19.5 Å². The SMILES string of the molecule is C=C[C@@H]1C[C@]1(NC(=O)[C@@H]1C[C@@H](Oc2cc(-c3ccccn3)nc3cc(OC)ccc23)CN1C(=O)OC(C)(C)C)C(=O)N[S+]([O-])C1(Cc2ccccc2)CC1. The van der Waals surface area contributed by atoms with Crippen LogP contribution in [0.5, 0.6) is 11.5 Å². The molecule has 54 heavy (non-hydrogen) atoms. The number of ether oxygens (including phenoxy) is 3. The van der Waals surface area contributed by atoms with Gasteiger partial charge in [0.1, 0.15) is 34.8 Å². The first-order valence-electron chi connectivity index (χ1n) is 18.1. The zero-order valence-electron chi connectivity index (χ0n) is 30.9. The van der Waals surface area contributed by atoms with E-state index >= 15 is 0 Å². The van der Waals surface area contributed by atoms with E-state index in [1.54, 1.807) is 46.2 Å². The molecule has 4 aromatic rings. The van der Waals surface area contributed by atoms with Crippen molar-refractivity contribution in [2.45, 2.75) is 80.9 Å². The molecule has 2 saturated carbocycles. The number of carbonyl (C=O) groups excluding carboxylic acids is 3. The number of fused-ring (bicyclic) bond motifs is 1. The number of pyridine rings is 2. The number of benzene rings is 2. The molecule has 12 nitrogen and oxygen atoms in total. The minimum atomic E-state index is -1.68. The number of aromatic nitrogens is 2. The van der Waals surface area contributed by atoms with E-state index in [1.807, 2.05) is 66.7 Å². The molecule has 2 aromatic carbocycles. The van der Waals surface area contributed by atoms with E-state index in [2.05, 4.69) is 21.6 Å². The van der Waals surface area contributed by atoms with Gasteiger partial charge >= 0.3 is 6.09 Å². The van der Waals surface area contributed by atoms with Gasteiger partial charge in [0, 0.05) is 55.3 Å². The molecule has 1 saturated heterocycles. The van der Waals surface area contributed by atoms with Crippen molar-refractivity contribution in [3.63, 3.8) is 0 Å². The zero-order valence-corrected chi connectivity index (χ0v) is 31.7. The maximum atomic E-state index is 14.3. The molecule has 7 rings (SSSR count). The Kier molecular flexibility index (Phi) is 10.0. The third kappa shape index (κ3) is 7.74. The van der Waals surface area contributed by atoms with Crippen molar-refractivity contribution in [3.05, 3.63) is 97.2 Å². The Bertz CT molecular complexity index is 2060. The molecule has 0 radical (unpaired) electrons. The molecule has 0 bridgehead atoms. The lowest BCUT2D eigenvalue weighted by Gasteiger charge is -2.29. The maximum Gasteiger partial charge on any atom is 0.411 e. The first-order valence-corrected chi connectivity index (χ1v) is 19.3. The van der Waals surface area contributed by atoms with E-state index in [1.165, 1.54) is 4.90 Å². The molecule has 0 spiro atoms. The van der Waals surface area contributed by atoms with Crippen molar-refractivity contribution in [3.8, 4) is 22.9 Å². The average Bonchev–Trinajstić information content (AvgIpc) is 4.05. The fraction of sp³-hybridized carbons (Fsp3) is 0.390. The van der Waals surface area contributed by atoms with Crippen LogP contribution in [0.3, 0.4) is 0 Å². The summed E-state index contributed by atoms with van der Waals surface area (Å²) in [6.07, 6.45) is 4.41. The van der Waals surface area contributed by atoms with Crippen LogP contribution in [0.2, 0.25) is 0 Å². The number of methoxy groups -OCH3 is 1. The number of rotatable bonds is 12. The minimum absolute atomic E-state index is 0.0436. The summed E-state index contributed by atoms with van der Waals surface area (Å²) in [6.45, 7) is 9.18. The zero-order chi connectivity index (χ0) is 38.3. The monoisotopic (exact) mass is 751 g/mol. The van der Waals surface area contributed by atoms with Gasteiger partial charge < -0.3 is 24.1 Å². The Morgan fingerprint density at radius 2 is 1.81 bits per heavy atom. The summed E-state index contributed by atoms with van der Waals surface area (Å²) < 4.78 is 33.6. The van der Waals surface area contributed by atoms with Gasteiger partial charge in [-0.15, -0.1) is 6.58 Å². The normalized spacial score (nSPS) is 23.2. The molecule has 5 atom stereocenters. The highest BCUT2D eigenvalue weighted by Crippen LogP contribution is 2.48. The van der Waals surface area contributed by atoms with Crippen molar-refractivity contribution in [2.24, 2.45) is 5.92 Å². The molecule has 282 valence electrons. The summed E-state index contributed by atoms with van der Waals surface area (Å²) in [5.41, 5.74) is 0.703. The fourth-order valence-electron chi connectivity index (χ4n) is 7.04. The fourth-order valence-corrected chi connectivity index (χ4v) is 8.37. The lowest BCUT2D eigenvalue weighted by molar-refractivity contribution is -0.131. The van der Waals surface area contributed by atoms with Gasteiger partial charge in [0.05, 0.1) is 41.9 Å². The highest BCUT2D eigenvalue weighted by Gasteiger charge is 2.64. The topological polar surface area (TPSA) is 155 Å². The summed E-state index contributed by atoms with van der Waals surface area (Å²) in [7, 11) is 1.58. The average molecular weight is 752 g/mol. The third-order valence-electron chi connectivity index (χ3n) is 10.2. The van der Waals surface area contributed by atoms with Gasteiger partial charge in [-0.1, -0.05) is 42.5 Å². The predicted molar refractivity (Wildman–Crippen MR) is 205 cm³/mol. The molecule has 3 aliphatic rings. The van der Waals surface area contributed by atoms with Crippen LogP contribution in [0.25, 0.3) is 22.3 Å². The van der Waals surface area contributed by atoms with E-state index in [0.717, 1.165) is 18.4 Å². The molecule has 2 aliphatic carbocycles. The van der Waals surface area contributed by atoms with E-state index in [0.29, 0.717) is 46.6 Å². The van der Waals surface area contributed by atoms with Crippen LogP contribution in [0.1, 0.15) is 52.0 Å². The molecular weight excluding hydrogens is 707 g/mol. The summed E-state index contributed by atoms with van der Waals surface area (Å²) >= 11 is -1.68. The molecule has 3 amide bonds. The largest absolute Gasteiger partial charge is 0.593 e. The highest BCUT2D eigenvalue weighted by molar-refractivity contribution is 7.91. The summed E-state index contributed by atoms with van der Waals surface area (Å²) in [4.78, 5) is 52.4. The standard InChI is InChI=1S/C41H45N5O7S/c1-6-27-24-41(27,37(48)45-54(50)40(17-18-40)23-26-12-8-7-9-13-26)44-36(47)34-21-29(25-46(34)38(49)53-39(2,3)4)52-35-22-33(31-14-10-11-19-42-31)43-32-20-28(51-5)15-16-30(32)35/h6-16,19-20,22,27,29,34H,1,17-18,21,23-25H2,2-5H3,(H,44,47)(H,45,48)/t27-,29-,34+,41-,54?/m1/s1. The quantitative estimate of drug-likeness (QED) is 0.138. The van der Waals surface area contributed by atoms with Gasteiger partial charge in [-0.25, -0.2) is 9.78 Å². The van der Waals surface area contributed by atoms with Gasteiger partial charge in [0.2, 0.25) is 5.91 Å². The van der Waals surface area contributed by atoms with Crippen LogP contribution in [0.4, 0.5) is 4.79 Å². The van der Waals surface area contributed by atoms with E-state index < -0.39 is 57.3 Å². The lowest BCUT2D eigenvalue weighted by Crippen LogP contribution is -2.57. The summed E-state index contributed by atoms with van der Waals surface area (Å²) in [5, 5.41) is 3.66. The van der Waals surface area contributed by atoms with Crippen LogP contribution in [0, 0.1) is 5.92 Å². The Morgan fingerprint density at radius 1 is 1.06 bits per heavy atom. The van der Waals surface area contributed by atoms with Crippen LogP contribution in [-0.4, -0.2) is 79.0 Å². The van der Waals surface area contributed by atoms with Crippen LogP contribution in [0.15, 0.2) is 91.6 Å². The summed E-state index contributed by atoms with van der Waals surface area (Å²) in [5.74, 6) is -0.336. The van der Waals surface area contributed by atoms with Crippen LogP contribution < -0.4 is 19.5 Å². The Balaban J connectivity index is 1.12. The van der Waals surface area contributed by atoms with Crippen molar-refractivity contribution >= 4 is 40.2 Å². The number of hydrogen-bond donors (Lipinski definition) is 2. The van der Waals surface area contributed by atoms with Gasteiger partial charge in [0.25, 0.3) is 5.91 Å². The Morgan fingerprint density at radius 3 is 2.46 bits per heavy atom. The van der Waals surface area contributed by atoms with Crippen molar-refractivity contribution < 1.29 is 33.1 Å². The van der Waals surface area contributed by atoms with Gasteiger partial charge in [0.15, 0.2) is 4.75 Å². The second kappa shape index (κ2) is 14.6. The smallest absolute Gasteiger partial charge is 0.411 e. The van der Waals surface area contributed by atoms with Crippen molar-refractivity contribution in [1.82, 2.24) is 24.9 Å². The number of hydrogen-bond acceptors (Lipinski definition) is 9. The number of nitrogens with one attached hydrogen (secondary N) is 2. The van der Waals surface area contributed by atoms with E-state index in [-0.39, 0.29) is 18.9 Å². The second-order valence-corrected chi connectivity index (χ2v) is 16.9. The Labute approximate surface area is 318 Å². The third-order valence-corrected chi connectivity index (χ3v) is 11.9. The maximum absolute atomic E-state index is 14.3. The van der Waals surface area contributed by atoms with Crippen LogP contribution in [-0.2, 0) is 32.1 Å². The van der Waals surface area contributed by atoms with Gasteiger partial charge in [-0.2, -0.15) is 4.72 Å². The lowest BCUT2D eigenvalue weighted by atomic mass is 10.1. The van der Waals surface area contributed by atoms with E-state index in [4.69, 9.17) is 19.2 Å². The number of carbonyl (C=O) groups is 3. The molecule has 1 aliphatic heterocycles. The number of amides is 3. The van der Waals surface area contributed by atoms with E-state index in [9.17, 15) is 18.9 Å². The first-order chi connectivity index (χ1) is 25.8. The number of likely N-dealkylation sites (tertiary alicyclic amines) is 1. The minimum Gasteiger partial charge on any atom is -0.593 e. The molecule has 2 aromatic heterocycles. The number of nitrogens with zero attached hydrogens (tertiary/aromatic N) is 3. The van der Waals surface area contributed by atoms with Crippen LogP contribution >= 0.6 is 0 Å². The first kappa shape index (κ1) is 37.2. The van der Waals surface area contributed by atoms with Crippen molar-refractivity contribution in [1.29, 1.82) is 0 Å².